The molecule has 12 heteroatoms. The van der Waals surface area contributed by atoms with E-state index in [-0.39, 0.29) is 55.2 Å². The molecule has 0 bridgehead atoms. The van der Waals surface area contributed by atoms with Gasteiger partial charge in [0.05, 0.1) is 35.4 Å². The van der Waals surface area contributed by atoms with Crippen molar-refractivity contribution in [2.24, 2.45) is 5.92 Å². The van der Waals surface area contributed by atoms with Crippen molar-refractivity contribution in [1.82, 2.24) is 14.9 Å². The monoisotopic (exact) mass is 589 g/mol. The van der Waals surface area contributed by atoms with Gasteiger partial charge in [-0.1, -0.05) is 39.0 Å². The molecular weight excluding hydrogens is 558 g/mol. The van der Waals surface area contributed by atoms with Crippen LogP contribution < -0.4 is 10.9 Å². The maximum absolute atomic E-state index is 13.7. The molecule has 0 saturated heterocycles. The third-order valence-corrected chi connectivity index (χ3v) is 7.90. The summed E-state index contributed by atoms with van der Waals surface area (Å²) in [6, 6.07) is 9.40. The molecule has 224 valence electrons. The summed E-state index contributed by atoms with van der Waals surface area (Å²) in [7, 11) is 0. The third kappa shape index (κ3) is 5.40. The minimum atomic E-state index is -2.08. The number of hydrogen-bond donors (Lipinski definition) is 2. The third-order valence-electron chi connectivity index (χ3n) is 7.90. The SMILES string of the molecule is CC[C@@]1(OC(=O)[C@@H](CC(=O)O)NC(=O)CCC(=O)C(C)C)C(=O)OCc2c1cc1n(c2=O)Cc2cc3ccccc3nc2-1. The van der Waals surface area contributed by atoms with Crippen molar-refractivity contribution in [1.29, 1.82) is 0 Å². The predicted molar refractivity (Wildman–Crippen MR) is 152 cm³/mol. The molecule has 0 spiro atoms. The number of aliphatic carboxylic acids is 1. The van der Waals surface area contributed by atoms with Crippen LogP contribution in [0.4, 0.5) is 0 Å². The molecule has 2 aromatic heterocycles. The van der Waals surface area contributed by atoms with E-state index in [2.05, 4.69) is 5.32 Å². The largest absolute Gasteiger partial charge is 0.481 e. The Balaban J connectivity index is 1.51. The number of carboxylic acid groups (broad SMARTS) is 1. The van der Waals surface area contributed by atoms with E-state index in [4.69, 9.17) is 14.5 Å². The Hall–Kier alpha value is -4.87. The van der Waals surface area contributed by atoms with Crippen LogP contribution in [0.25, 0.3) is 22.3 Å². The number of nitrogens with zero attached hydrogens (tertiary/aromatic N) is 2. The standard InChI is InChI=1S/C31H31N3O9/c1-4-31(43-29(40)22(13-26(37)38)32-25(36)10-9-24(35)16(2)3)20-12-23-27-18(11-17-7-5-6-8-21(17)33-27)14-34(23)28(39)19(20)15-42-30(31)41/h5-8,11-12,16,22H,4,9-10,13-15H2,1-3H3,(H,32,36)(H,37,38)/t22-,31+/m1/s1. The van der Waals surface area contributed by atoms with E-state index in [0.29, 0.717) is 11.4 Å². The number of Topliss-reactive ketones (excluding diaryl/α,β-unsaturated/α-hetero) is 1. The molecule has 2 aliphatic rings. The first kappa shape index (κ1) is 29.6. The van der Waals surface area contributed by atoms with Gasteiger partial charge in [-0.25, -0.2) is 14.6 Å². The molecule has 0 fully saturated rings. The summed E-state index contributed by atoms with van der Waals surface area (Å²) in [5, 5.41) is 12.7. The van der Waals surface area contributed by atoms with Gasteiger partial charge < -0.3 is 24.5 Å². The molecule has 0 radical (unpaired) electrons. The van der Waals surface area contributed by atoms with E-state index in [9.17, 15) is 33.9 Å². The lowest BCUT2D eigenvalue weighted by molar-refractivity contribution is -0.191. The zero-order chi connectivity index (χ0) is 31.1. The average Bonchev–Trinajstić information content (AvgIpc) is 3.33. The first-order valence-corrected chi connectivity index (χ1v) is 14.0. The normalized spacial score (nSPS) is 17.4. The summed E-state index contributed by atoms with van der Waals surface area (Å²) in [6.07, 6.45) is -1.31. The van der Waals surface area contributed by atoms with Crippen molar-refractivity contribution in [2.45, 2.75) is 71.2 Å². The molecule has 2 atom stereocenters. The molecule has 12 nitrogen and oxygen atoms in total. The molecule has 1 aromatic carbocycles. The van der Waals surface area contributed by atoms with Gasteiger partial charge in [0.1, 0.15) is 18.4 Å². The van der Waals surface area contributed by atoms with Crippen LogP contribution in [-0.2, 0) is 52.2 Å². The summed E-state index contributed by atoms with van der Waals surface area (Å²) in [6.45, 7) is 4.86. The van der Waals surface area contributed by atoms with Gasteiger partial charge in [0, 0.05) is 35.3 Å². The van der Waals surface area contributed by atoms with E-state index in [1.807, 2.05) is 30.3 Å². The lowest BCUT2D eigenvalue weighted by Gasteiger charge is -2.36. The summed E-state index contributed by atoms with van der Waals surface area (Å²) >= 11 is 0. The number of pyridine rings is 2. The molecular formula is C31H31N3O9. The Morgan fingerprint density at radius 3 is 2.58 bits per heavy atom. The zero-order valence-electron chi connectivity index (χ0n) is 24.0. The molecule has 1 amide bonds. The van der Waals surface area contributed by atoms with E-state index < -0.39 is 47.4 Å². The van der Waals surface area contributed by atoms with Crippen LogP contribution in [0.2, 0.25) is 0 Å². The molecule has 0 saturated carbocycles. The second-order valence-electron chi connectivity index (χ2n) is 11.0. The van der Waals surface area contributed by atoms with Crippen LogP contribution in [0.3, 0.4) is 0 Å². The summed E-state index contributed by atoms with van der Waals surface area (Å²) < 4.78 is 12.6. The molecule has 2 aliphatic heterocycles. The minimum Gasteiger partial charge on any atom is -0.481 e. The molecule has 43 heavy (non-hydrogen) atoms. The highest BCUT2D eigenvalue weighted by Crippen LogP contribution is 2.41. The fourth-order valence-electron chi connectivity index (χ4n) is 5.49. The summed E-state index contributed by atoms with van der Waals surface area (Å²) in [5.41, 5.74) is 0.274. The number of rotatable bonds is 10. The van der Waals surface area contributed by atoms with E-state index in [0.717, 1.165) is 16.5 Å². The highest BCUT2D eigenvalue weighted by Gasteiger charge is 2.51. The smallest absolute Gasteiger partial charge is 0.355 e. The Morgan fingerprint density at radius 2 is 1.88 bits per heavy atom. The molecule has 0 unspecified atom stereocenters. The number of carbonyl (C=O) groups is 5. The minimum absolute atomic E-state index is 0.0865. The Bertz CT molecular complexity index is 1740. The fraction of sp³-hybridized carbons (Fsp3) is 0.387. The number of ketones is 1. The van der Waals surface area contributed by atoms with Gasteiger partial charge >= 0.3 is 17.9 Å². The van der Waals surface area contributed by atoms with Gasteiger partial charge in [-0.3, -0.25) is 19.2 Å². The van der Waals surface area contributed by atoms with Crippen molar-refractivity contribution in [3.05, 3.63) is 63.4 Å². The van der Waals surface area contributed by atoms with E-state index >= 15 is 0 Å². The number of carbonyl (C=O) groups excluding carboxylic acids is 4. The van der Waals surface area contributed by atoms with Crippen LogP contribution in [0, 0.1) is 5.92 Å². The zero-order valence-corrected chi connectivity index (χ0v) is 24.0. The van der Waals surface area contributed by atoms with Crippen LogP contribution in [-0.4, -0.2) is 50.3 Å². The number of fused-ring (bicyclic) bond motifs is 5. The molecule has 3 aromatic rings. The van der Waals surface area contributed by atoms with E-state index in [1.54, 1.807) is 26.8 Å². The van der Waals surface area contributed by atoms with Crippen molar-refractivity contribution in [2.75, 3.05) is 0 Å². The number of carboxylic acids is 1. The lowest BCUT2D eigenvalue weighted by atomic mass is 9.85. The highest BCUT2D eigenvalue weighted by atomic mass is 16.6. The van der Waals surface area contributed by atoms with Gasteiger partial charge in [-0.05, 0) is 24.6 Å². The number of ether oxygens (including phenoxy) is 2. The topological polar surface area (TPSA) is 171 Å². The average molecular weight is 590 g/mol. The molecule has 0 aliphatic carbocycles. The molecule has 2 N–H and O–H groups in total. The second kappa shape index (κ2) is 11.4. The van der Waals surface area contributed by atoms with E-state index in [1.165, 1.54) is 4.57 Å². The van der Waals surface area contributed by atoms with Crippen molar-refractivity contribution >= 4 is 40.5 Å². The van der Waals surface area contributed by atoms with Crippen LogP contribution >= 0.6 is 0 Å². The quantitative estimate of drug-likeness (QED) is 0.262. The Labute approximate surface area is 246 Å². The maximum atomic E-state index is 13.7. The maximum Gasteiger partial charge on any atom is 0.355 e. The lowest BCUT2D eigenvalue weighted by Crippen LogP contribution is -2.51. The number of hydrogen-bond acceptors (Lipinski definition) is 9. The predicted octanol–water partition coefficient (Wildman–Crippen LogP) is 2.60. The van der Waals surface area contributed by atoms with Gasteiger partial charge in [-0.2, -0.15) is 0 Å². The van der Waals surface area contributed by atoms with Gasteiger partial charge in [-0.15, -0.1) is 0 Å². The fourth-order valence-corrected chi connectivity index (χ4v) is 5.49. The van der Waals surface area contributed by atoms with Crippen LogP contribution in [0.15, 0.2) is 41.2 Å². The first-order chi connectivity index (χ1) is 20.4. The van der Waals surface area contributed by atoms with Gasteiger partial charge in [0.25, 0.3) is 5.56 Å². The number of aromatic nitrogens is 2. The van der Waals surface area contributed by atoms with Gasteiger partial charge in [0.15, 0.2) is 0 Å². The molecule has 4 heterocycles. The van der Waals surface area contributed by atoms with Gasteiger partial charge in [0.2, 0.25) is 11.5 Å². The summed E-state index contributed by atoms with van der Waals surface area (Å²) in [4.78, 5) is 81.3. The molecule has 5 rings (SSSR count). The number of benzene rings is 1. The van der Waals surface area contributed by atoms with Crippen LogP contribution in [0.5, 0.6) is 0 Å². The number of amides is 1. The Morgan fingerprint density at radius 1 is 1.14 bits per heavy atom. The van der Waals surface area contributed by atoms with Crippen LogP contribution in [0.1, 0.15) is 63.1 Å². The summed E-state index contributed by atoms with van der Waals surface area (Å²) in [5.74, 6) is -4.69. The first-order valence-electron chi connectivity index (χ1n) is 14.0. The van der Waals surface area contributed by atoms with Crippen molar-refractivity contribution in [3.63, 3.8) is 0 Å². The Kier molecular flexibility index (Phi) is 7.87. The number of nitrogens with one attached hydrogen (secondary N) is 1. The number of cyclic esters (lactones) is 1. The number of para-hydroxylation sites is 1. The van der Waals surface area contributed by atoms with Crippen molar-refractivity contribution < 1.29 is 38.6 Å². The highest BCUT2D eigenvalue weighted by molar-refractivity contribution is 5.93. The van der Waals surface area contributed by atoms with Crippen molar-refractivity contribution in [3.8, 4) is 11.4 Å². The second-order valence-corrected chi connectivity index (χ2v) is 11.0. The number of esters is 2.